The van der Waals surface area contributed by atoms with Gasteiger partial charge in [0.05, 0.1) is 11.6 Å². The van der Waals surface area contributed by atoms with Gasteiger partial charge < -0.3 is 4.74 Å². The number of Topliss-reactive ketones (excluding diaryl/α,β-unsaturated/α-hetero) is 2. The van der Waals surface area contributed by atoms with E-state index in [4.69, 9.17) is 16.3 Å². The Morgan fingerprint density at radius 1 is 1.38 bits per heavy atom. The van der Waals surface area contributed by atoms with Crippen molar-refractivity contribution in [3.63, 3.8) is 0 Å². The zero-order chi connectivity index (χ0) is 12.3. The van der Waals surface area contributed by atoms with E-state index in [1.54, 1.807) is 13.0 Å². The van der Waals surface area contributed by atoms with Crippen LogP contribution in [0.2, 0.25) is 5.02 Å². The number of carbonyl (C=O) groups excluding carboxylic acids is 2. The summed E-state index contributed by atoms with van der Waals surface area (Å²) >= 11 is 5.94. The van der Waals surface area contributed by atoms with E-state index in [-0.39, 0.29) is 0 Å². The molecule has 0 atom stereocenters. The van der Waals surface area contributed by atoms with Crippen LogP contribution in [0.3, 0.4) is 0 Å². The van der Waals surface area contributed by atoms with Crippen molar-refractivity contribution in [3.05, 3.63) is 28.3 Å². The lowest BCUT2D eigenvalue weighted by molar-refractivity contribution is -0.113. The van der Waals surface area contributed by atoms with E-state index in [0.717, 1.165) is 0 Å². The van der Waals surface area contributed by atoms with Crippen molar-refractivity contribution < 1.29 is 14.3 Å². The molecule has 86 valence electrons. The van der Waals surface area contributed by atoms with Crippen molar-refractivity contribution in [1.29, 1.82) is 0 Å². The van der Waals surface area contributed by atoms with Crippen molar-refractivity contribution in [3.8, 4) is 5.75 Å². The van der Waals surface area contributed by atoms with E-state index >= 15 is 0 Å². The number of ketones is 2. The first-order valence-corrected chi connectivity index (χ1v) is 5.33. The van der Waals surface area contributed by atoms with E-state index in [1.807, 2.05) is 6.92 Å². The zero-order valence-electron chi connectivity index (χ0n) is 9.46. The maximum atomic E-state index is 11.5. The molecule has 0 bridgehead atoms. The molecule has 0 aromatic heterocycles. The third-order valence-corrected chi connectivity index (χ3v) is 2.44. The van der Waals surface area contributed by atoms with Crippen molar-refractivity contribution in [2.24, 2.45) is 0 Å². The Hall–Kier alpha value is -1.35. The zero-order valence-corrected chi connectivity index (χ0v) is 10.2. The summed E-state index contributed by atoms with van der Waals surface area (Å²) in [4.78, 5) is 22.5. The average molecular weight is 241 g/mol. The van der Waals surface area contributed by atoms with Gasteiger partial charge in [-0.2, -0.15) is 0 Å². The van der Waals surface area contributed by atoms with Crippen molar-refractivity contribution in [2.75, 3.05) is 6.61 Å². The SMILES string of the molecule is CCOc1cc(C)c(C(=O)C(C)=O)cc1Cl. The first-order chi connectivity index (χ1) is 7.47. The third kappa shape index (κ3) is 2.61. The molecule has 1 aromatic rings. The lowest BCUT2D eigenvalue weighted by atomic mass is 10.0. The average Bonchev–Trinajstić information content (AvgIpc) is 2.22. The van der Waals surface area contributed by atoms with Crippen LogP contribution in [0.5, 0.6) is 5.75 Å². The van der Waals surface area contributed by atoms with Crippen LogP contribution in [-0.2, 0) is 4.79 Å². The topological polar surface area (TPSA) is 43.4 Å². The molecule has 0 spiro atoms. The Balaban J connectivity index is 3.20. The van der Waals surface area contributed by atoms with E-state index in [2.05, 4.69) is 0 Å². The minimum atomic E-state index is -0.526. The molecule has 0 aliphatic carbocycles. The molecule has 0 saturated heterocycles. The van der Waals surface area contributed by atoms with Crippen LogP contribution in [-0.4, -0.2) is 18.2 Å². The Morgan fingerprint density at radius 2 is 2.00 bits per heavy atom. The Morgan fingerprint density at radius 3 is 2.50 bits per heavy atom. The highest BCUT2D eigenvalue weighted by Crippen LogP contribution is 2.28. The molecule has 0 fully saturated rings. The normalized spacial score (nSPS) is 10.0. The molecular formula is C12H13ClO3. The number of hydrogen-bond donors (Lipinski definition) is 0. The highest BCUT2D eigenvalue weighted by Gasteiger charge is 2.16. The molecule has 0 amide bonds. The lowest BCUT2D eigenvalue weighted by Gasteiger charge is -2.09. The largest absolute Gasteiger partial charge is 0.492 e. The Bertz CT molecular complexity index is 438. The standard InChI is InChI=1S/C12H13ClO3/c1-4-16-11-5-7(2)9(6-10(11)13)12(15)8(3)14/h5-6H,4H2,1-3H3. The second-order valence-electron chi connectivity index (χ2n) is 3.42. The number of hydrogen-bond acceptors (Lipinski definition) is 3. The van der Waals surface area contributed by atoms with E-state index < -0.39 is 11.6 Å². The molecule has 0 heterocycles. The maximum absolute atomic E-state index is 11.5. The number of rotatable bonds is 4. The highest BCUT2D eigenvalue weighted by atomic mass is 35.5. The van der Waals surface area contributed by atoms with Gasteiger partial charge in [0, 0.05) is 12.5 Å². The van der Waals surface area contributed by atoms with Crippen LogP contribution in [0, 0.1) is 6.92 Å². The molecule has 0 unspecified atom stereocenters. The lowest BCUT2D eigenvalue weighted by Crippen LogP contribution is -2.11. The molecular weight excluding hydrogens is 228 g/mol. The molecule has 4 heteroatoms. The molecule has 1 aromatic carbocycles. The fraction of sp³-hybridized carbons (Fsp3) is 0.333. The van der Waals surface area contributed by atoms with Crippen molar-refractivity contribution in [2.45, 2.75) is 20.8 Å². The van der Waals surface area contributed by atoms with Gasteiger partial charge in [-0.3, -0.25) is 9.59 Å². The van der Waals surface area contributed by atoms with E-state index in [9.17, 15) is 9.59 Å². The van der Waals surface area contributed by atoms with Gasteiger partial charge in [-0.15, -0.1) is 0 Å². The predicted octanol–water partition coefficient (Wildman–Crippen LogP) is 2.82. The van der Waals surface area contributed by atoms with Gasteiger partial charge in [0.25, 0.3) is 0 Å². The first kappa shape index (κ1) is 12.7. The smallest absolute Gasteiger partial charge is 0.228 e. The number of carbonyl (C=O) groups is 2. The quantitative estimate of drug-likeness (QED) is 0.600. The second-order valence-corrected chi connectivity index (χ2v) is 3.82. The summed E-state index contributed by atoms with van der Waals surface area (Å²) < 4.78 is 5.28. The molecule has 1 rings (SSSR count). The summed E-state index contributed by atoms with van der Waals surface area (Å²) in [5.41, 5.74) is 1.02. The predicted molar refractivity (Wildman–Crippen MR) is 62.4 cm³/mol. The van der Waals surface area contributed by atoms with Crippen molar-refractivity contribution in [1.82, 2.24) is 0 Å². The van der Waals surface area contributed by atoms with Gasteiger partial charge in [-0.25, -0.2) is 0 Å². The fourth-order valence-corrected chi connectivity index (χ4v) is 1.57. The van der Waals surface area contributed by atoms with Gasteiger partial charge in [0.15, 0.2) is 5.78 Å². The second kappa shape index (κ2) is 5.12. The van der Waals surface area contributed by atoms with Crippen LogP contribution in [0.4, 0.5) is 0 Å². The van der Waals surface area contributed by atoms with Gasteiger partial charge in [0.1, 0.15) is 5.75 Å². The number of benzene rings is 1. The van der Waals surface area contributed by atoms with Gasteiger partial charge in [-0.05, 0) is 31.5 Å². The molecule has 3 nitrogen and oxygen atoms in total. The summed E-state index contributed by atoms with van der Waals surface area (Å²) in [6, 6.07) is 3.15. The summed E-state index contributed by atoms with van der Waals surface area (Å²) in [5.74, 6) is -0.493. The van der Waals surface area contributed by atoms with Crippen LogP contribution in [0.25, 0.3) is 0 Å². The van der Waals surface area contributed by atoms with Gasteiger partial charge in [0.2, 0.25) is 5.78 Å². The first-order valence-electron chi connectivity index (χ1n) is 4.95. The monoisotopic (exact) mass is 240 g/mol. The van der Waals surface area contributed by atoms with Gasteiger partial charge >= 0.3 is 0 Å². The molecule has 0 aliphatic rings. The number of aryl methyl sites for hydroxylation is 1. The highest BCUT2D eigenvalue weighted by molar-refractivity contribution is 6.44. The minimum absolute atomic E-state index is 0.334. The Labute approximate surface area is 99.4 Å². The third-order valence-electron chi connectivity index (χ3n) is 2.14. The summed E-state index contributed by atoms with van der Waals surface area (Å²) in [6.07, 6.45) is 0. The molecule has 0 radical (unpaired) electrons. The fourth-order valence-electron chi connectivity index (χ4n) is 1.36. The number of halogens is 1. The van der Waals surface area contributed by atoms with Crippen LogP contribution in [0.15, 0.2) is 12.1 Å². The van der Waals surface area contributed by atoms with Crippen LogP contribution >= 0.6 is 11.6 Å². The molecule has 0 aliphatic heterocycles. The van der Waals surface area contributed by atoms with Crippen LogP contribution < -0.4 is 4.74 Å². The van der Waals surface area contributed by atoms with E-state index in [0.29, 0.717) is 28.5 Å². The molecule has 0 N–H and O–H groups in total. The van der Waals surface area contributed by atoms with Crippen LogP contribution in [0.1, 0.15) is 29.8 Å². The molecule has 0 saturated carbocycles. The summed E-state index contributed by atoms with van der Waals surface area (Å²) in [5, 5.41) is 0.344. The Kier molecular flexibility index (Phi) is 4.07. The maximum Gasteiger partial charge on any atom is 0.228 e. The summed E-state index contributed by atoms with van der Waals surface area (Å²) in [7, 11) is 0. The summed E-state index contributed by atoms with van der Waals surface area (Å²) in [6.45, 7) is 5.33. The van der Waals surface area contributed by atoms with E-state index in [1.165, 1.54) is 13.0 Å². The molecule has 16 heavy (non-hydrogen) atoms. The van der Waals surface area contributed by atoms with Crippen molar-refractivity contribution >= 4 is 23.2 Å². The minimum Gasteiger partial charge on any atom is -0.492 e. The number of ether oxygens (including phenoxy) is 1. The van der Waals surface area contributed by atoms with Gasteiger partial charge in [-0.1, -0.05) is 11.6 Å².